The molecule has 0 radical (unpaired) electrons. The summed E-state index contributed by atoms with van der Waals surface area (Å²) in [7, 11) is 0. The van der Waals surface area contributed by atoms with Gasteiger partial charge >= 0.3 is 0 Å². The summed E-state index contributed by atoms with van der Waals surface area (Å²) in [5.41, 5.74) is 9.54. The minimum absolute atomic E-state index is 0.234. The Balaban J connectivity index is 1.26. The number of hydrogen-bond donors (Lipinski definition) is 1. The van der Waals surface area contributed by atoms with E-state index in [4.69, 9.17) is 25.4 Å². The second kappa shape index (κ2) is 10.2. The Bertz CT molecular complexity index is 1290. The fourth-order valence-electron chi connectivity index (χ4n) is 5.10. The zero-order valence-corrected chi connectivity index (χ0v) is 20.3. The van der Waals surface area contributed by atoms with Gasteiger partial charge in [-0.05, 0) is 24.8 Å². The molecule has 0 bridgehead atoms. The van der Waals surface area contributed by atoms with Crippen LogP contribution in [0.2, 0.25) is 0 Å². The van der Waals surface area contributed by atoms with Gasteiger partial charge in [0, 0.05) is 51.2 Å². The number of rotatable bonds is 6. The molecular formula is C26H31N9O. The first-order chi connectivity index (χ1) is 17.7. The van der Waals surface area contributed by atoms with Crippen LogP contribution in [-0.2, 0) is 11.2 Å². The predicted molar refractivity (Wildman–Crippen MR) is 139 cm³/mol. The van der Waals surface area contributed by atoms with E-state index in [0.29, 0.717) is 25.1 Å². The summed E-state index contributed by atoms with van der Waals surface area (Å²) in [6.07, 6.45) is 8.52. The number of imidazole rings is 1. The van der Waals surface area contributed by atoms with Gasteiger partial charge < -0.3 is 24.8 Å². The second-order valence-corrected chi connectivity index (χ2v) is 9.43. The molecule has 0 amide bonds. The van der Waals surface area contributed by atoms with Crippen LogP contribution >= 0.6 is 0 Å². The standard InChI is InChI=1S/C26H31N9O/c27-26-28-16-20(17-29-26)23-31-24(34-12-14-36-15-13-34)22-25(32-23)35(18-30-22)21-7-10-33(11-8-21)9-6-19-4-2-1-3-5-19/h1-5,16-18,21H,6-15H2,(H2,27,28,29). The maximum absolute atomic E-state index is 5.71. The van der Waals surface area contributed by atoms with Gasteiger partial charge in [-0.15, -0.1) is 0 Å². The Morgan fingerprint density at radius 2 is 1.67 bits per heavy atom. The van der Waals surface area contributed by atoms with Gasteiger partial charge in [-0.1, -0.05) is 30.3 Å². The fourth-order valence-corrected chi connectivity index (χ4v) is 5.10. The van der Waals surface area contributed by atoms with Crippen molar-refractivity contribution in [2.24, 2.45) is 0 Å². The summed E-state index contributed by atoms with van der Waals surface area (Å²) in [5.74, 6) is 1.66. The van der Waals surface area contributed by atoms with Crippen molar-refractivity contribution in [2.75, 3.05) is 56.6 Å². The number of nitrogen functional groups attached to an aromatic ring is 1. The lowest BCUT2D eigenvalue weighted by molar-refractivity contribution is 0.122. The van der Waals surface area contributed by atoms with Gasteiger partial charge in [0.2, 0.25) is 5.95 Å². The third kappa shape index (κ3) is 4.74. The molecule has 2 aliphatic heterocycles. The number of nitrogens with two attached hydrogens (primary N) is 1. The van der Waals surface area contributed by atoms with E-state index in [9.17, 15) is 0 Å². The summed E-state index contributed by atoms with van der Waals surface area (Å²) >= 11 is 0. The minimum atomic E-state index is 0.234. The van der Waals surface area contributed by atoms with Gasteiger partial charge in [0.05, 0.1) is 25.1 Å². The van der Waals surface area contributed by atoms with Crippen molar-refractivity contribution in [3.05, 3.63) is 54.6 Å². The van der Waals surface area contributed by atoms with Crippen LogP contribution in [0.15, 0.2) is 49.1 Å². The van der Waals surface area contributed by atoms with E-state index in [2.05, 4.69) is 54.7 Å². The highest BCUT2D eigenvalue weighted by Gasteiger charge is 2.26. The van der Waals surface area contributed by atoms with Gasteiger partial charge in [-0.3, -0.25) is 0 Å². The molecule has 5 heterocycles. The molecule has 4 aromatic rings. The summed E-state index contributed by atoms with van der Waals surface area (Å²) in [6.45, 7) is 6.12. The predicted octanol–water partition coefficient (Wildman–Crippen LogP) is 2.58. The number of fused-ring (bicyclic) bond motifs is 1. The molecule has 2 saturated heterocycles. The number of anilines is 2. The number of nitrogens with zero attached hydrogens (tertiary/aromatic N) is 8. The highest BCUT2D eigenvalue weighted by atomic mass is 16.5. The average Bonchev–Trinajstić information content (AvgIpc) is 3.37. The average molecular weight is 486 g/mol. The van der Waals surface area contributed by atoms with E-state index in [0.717, 1.165) is 74.5 Å². The maximum Gasteiger partial charge on any atom is 0.219 e. The quantitative estimate of drug-likeness (QED) is 0.440. The molecule has 3 aromatic heterocycles. The molecule has 36 heavy (non-hydrogen) atoms. The Morgan fingerprint density at radius 3 is 2.42 bits per heavy atom. The topological polar surface area (TPSA) is 111 Å². The van der Waals surface area contributed by atoms with Crippen LogP contribution in [0.4, 0.5) is 11.8 Å². The molecule has 0 atom stereocenters. The van der Waals surface area contributed by atoms with Crippen molar-refractivity contribution in [1.29, 1.82) is 0 Å². The van der Waals surface area contributed by atoms with Crippen molar-refractivity contribution in [3.8, 4) is 11.4 Å². The molecular weight excluding hydrogens is 454 g/mol. The van der Waals surface area contributed by atoms with Crippen molar-refractivity contribution >= 4 is 22.9 Å². The largest absolute Gasteiger partial charge is 0.378 e. The Kier molecular flexibility index (Phi) is 6.44. The summed E-state index contributed by atoms with van der Waals surface area (Å²) in [6, 6.07) is 11.1. The van der Waals surface area contributed by atoms with E-state index in [1.165, 1.54) is 5.56 Å². The number of aromatic nitrogens is 6. The zero-order valence-electron chi connectivity index (χ0n) is 20.3. The first-order valence-electron chi connectivity index (χ1n) is 12.7. The Hall–Kier alpha value is -3.63. The minimum Gasteiger partial charge on any atom is -0.378 e. The lowest BCUT2D eigenvalue weighted by Gasteiger charge is -2.32. The zero-order chi connectivity index (χ0) is 24.3. The van der Waals surface area contributed by atoms with Crippen molar-refractivity contribution in [2.45, 2.75) is 25.3 Å². The number of hydrogen-bond acceptors (Lipinski definition) is 9. The lowest BCUT2D eigenvalue weighted by atomic mass is 10.0. The fraction of sp³-hybridized carbons (Fsp3) is 0.423. The van der Waals surface area contributed by atoms with Gasteiger partial charge in [-0.2, -0.15) is 0 Å². The van der Waals surface area contributed by atoms with Crippen LogP contribution in [0.25, 0.3) is 22.6 Å². The summed E-state index contributed by atoms with van der Waals surface area (Å²) in [4.78, 5) is 27.8. The van der Waals surface area contributed by atoms with Gasteiger partial charge in [0.1, 0.15) is 0 Å². The van der Waals surface area contributed by atoms with Gasteiger partial charge in [-0.25, -0.2) is 24.9 Å². The Morgan fingerprint density at radius 1 is 0.917 bits per heavy atom. The molecule has 10 nitrogen and oxygen atoms in total. The van der Waals surface area contributed by atoms with E-state index < -0.39 is 0 Å². The van der Waals surface area contributed by atoms with Crippen molar-refractivity contribution in [1.82, 2.24) is 34.4 Å². The first-order valence-corrected chi connectivity index (χ1v) is 12.7. The second-order valence-electron chi connectivity index (χ2n) is 9.43. The van der Waals surface area contributed by atoms with Crippen LogP contribution < -0.4 is 10.6 Å². The van der Waals surface area contributed by atoms with Crippen LogP contribution in [0.1, 0.15) is 24.4 Å². The maximum atomic E-state index is 5.71. The highest BCUT2D eigenvalue weighted by molar-refractivity contribution is 5.85. The number of likely N-dealkylation sites (tertiary alicyclic amines) is 1. The van der Waals surface area contributed by atoms with E-state index in [1.54, 1.807) is 12.4 Å². The highest BCUT2D eigenvalue weighted by Crippen LogP contribution is 2.31. The third-order valence-corrected chi connectivity index (χ3v) is 7.15. The van der Waals surface area contributed by atoms with E-state index >= 15 is 0 Å². The molecule has 2 fully saturated rings. The van der Waals surface area contributed by atoms with Gasteiger partial charge in [0.25, 0.3) is 0 Å². The normalized spacial score (nSPS) is 17.6. The van der Waals surface area contributed by atoms with E-state index in [1.807, 2.05) is 6.33 Å². The molecule has 2 N–H and O–H groups in total. The molecule has 10 heteroatoms. The number of ether oxygens (including phenoxy) is 1. The smallest absolute Gasteiger partial charge is 0.219 e. The molecule has 2 aliphatic rings. The van der Waals surface area contributed by atoms with E-state index in [-0.39, 0.29) is 5.95 Å². The third-order valence-electron chi connectivity index (χ3n) is 7.15. The summed E-state index contributed by atoms with van der Waals surface area (Å²) in [5, 5.41) is 0. The van der Waals surface area contributed by atoms with Crippen molar-refractivity contribution < 1.29 is 4.74 Å². The Labute approximate surface area is 210 Å². The monoisotopic (exact) mass is 485 g/mol. The molecule has 0 unspecified atom stereocenters. The van der Waals surface area contributed by atoms with Crippen LogP contribution in [0, 0.1) is 0 Å². The molecule has 0 saturated carbocycles. The molecule has 1 aromatic carbocycles. The summed E-state index contributed by atoms with van der Waals surface area (Å²) < 4.78 is 7.82. The van der Waals surface area contributed by atoms with Gasteiger partial charge in [0.15, 0.2) is 22.8 Å². The lowest BCUT2D eigenvalue weighted by Crippen LogP contribution is -2.37. The van der Waals surface area contributed by atoms with Crippen molar-refractivity contribution in [3.63, 3.8) is 0 Å². The molecule has 186 valence electrons. The number of benzene rings is 1. The van der Waals surface area contributed by atoms with Crippen LogP contribution in [0.3, 0.4) is 0 Å². The number of piperidine rings is 1. The number of morpholine rings is 1. The molecule has 0 aliphatic carbocycles. The van der Waals surface area contributed by atoms with Crippen LogP contribution in [0.5, 0.6) is 0 Å². The molecule has 6 rings (SSSR count). The van der Waals surface area contributed by atoms with Crippen LogP contribution in [-0.4, -0.2) is 80.3 Å². The molecule has 0 spiro atoms. The SMILES string of the molecule is Nc1ncc(-c2nc(N3CCOCC3)c3ncn(C4CCN(CCc5ccccc5)CC4)c3n2)cn1. The first kappa shape index (κ1) is 22.8.